The number of carbonyl (C=O) groups excluding carboxylic acids is 1. The van der Waals surface area contributed by atoms with Gasteiger partial charge in [0.25, 0.3) is 5.91 Å². The van der Waals surface area contributed by atoms with Crippen LogP contribution in [0.1, 0.15) is 33.1 Å². The first kappa shape index (κ1) is 16.3. The van der Waals surface area contributed by atoms with Crippen LogP contribution < -0.4 is 4.74 Å². The molecule has 1 aromatic rings. The maximum Gasteiger partial charge on any atom is 0.329 e. The lowest BCUT2D eigenvalue weighted by Gasteiger charge is -2.33. The molecule has 6 heteroatoms. The van der Waals surface area contributed by atoms with E-state index >= 15 is 0 Å². The minimum atomic E-state index is -1.22. The number of carboxylic acids is 1. The van der Waals surface area contributed by atoms with E-state index in [1.165, 1.54) is 30.0 Å². The number of amides is 1. The number of carboxylic acid groups (broad SMARTS) is 1. The highest BCUT2D eigenvalue weighted by molar-refractivity contribution is 5.89. The summed E-state index contributed by atoms with van der Waals surface area (Å²) in [6, 6.07) is 5.86. The summed E-state index contributed by atoms with van der Waals surface area (Å²) in [5.41, 5.74) is -1.22. The molecule has 0 spiro atoms. The summed E-state index contributed by atoms with van der Waals surface area (Å²) in [6.07, 6.45) is 0.475. The van der Waals surface area contributed by atoms with Gasteiger partial charge < -0.3 is 14.7 Å². The molecule has 0 saturated carbocycles. The molecule has 0 aliphatic carbocycles. The van der Waals surface area contributed by atoms with Crippen molar-refractivity contribution in [1.82, 2.24) is 4.90 Å². The van der Waals surface area contributed by atoms with E-state index in [1.807, 2.05) is 0 Å². The Morgan fingerprint density at radius 2 is 2.14 bits per heavy atom. The summed E-state index contributed by atoms with van der Waals surface area (Å²) in [5, 5.41) is 9.39. The lowest BCUT2D eigenvalue weighted by Crippen LogP contribution is -2.54. The van der Waals surface area contributed by atoms with E-state index in [1.54, 1.807) is 13.0 Å². The van der Waals surface area contributed by atoms with Gasteiger partial charge in [0, 0.05) is 6.54 Å². The van der Waals surface area contributed by atoms with Crippen LogP contribution in [0.2, 0.25) is 0 Å². The van der Waals surface area contributed by atoms with Gasteiger partial charge in [-0.15, -0.1) is 0 Å². The highest BCUT2D eigenvalue weighted by atomic mass is 19.1. The van der Waals surface area contributed by atoms with Crippen molar-refractivity contribution >= 4 is 11.9 Å². The molecule has 1 saturated heterocycles. The van der Waals surface area contributed by atoms with Gasteiger partial charge >= 0.3 is 5.97 Å². The van der Waals surface area contributed by atoms with Crippen LogP contribution in [0.3, 0.4) is 0 Å². The molecule has 5 nitrogen and oxygen atoms in total. The number of benzene rings is 1. The van der Waals surface area contributed by atoms with Crippen molar-refractivity contribution in [3.63, 3.8) is 0 Å². The molecule has 1 fully saturated rings. The standard InChI is InChI=1S/C16H20FNO4/c1-3-12(22-13-8-5-4-7-11(13)17)14(19)18-10-6-9-16(18,2)15(20)21/h4-5,7-8,12H,3,6,9-10H2,1-2H3,(H,20,21). The van der Waals surface area contributed by atoms with Crippen molar-refractivity contribution in [2.24, 2.45) is 0 Å². The second kappa shape index (κ2) is 6.34. The first-order valence-corrected chi connectivity index (χ1v) is 7.36. The molecule has 2 atom stereocenters. The van der Waals surface area contributed by atoms with Gasteiger partial charge in [0.2, 0.25) is 0 Å². The van der Waals surface area contributed by atoms with Gasteiger partial charge in [-0.1, -0.05) is 19.1 Å². The molecule has 2 unspecified atom stereocenters. The molecule has 0 bridgehead atoms. The molecule has 1 N–H and O–H groups in total. The Morgan fingerprint density at radius 3 is 2.73 bits per heavy atom. The Balaban J connectivity index is 2.19. The topological polar surface area (TPSA) is 66.8 Å². The van der Waals surface area contributed by atoms with Crippen LogP contribution in [0.15, 0.2) is 24.3 Å². The van der Waals surface area contributed by atoms with Crippen molar-refractivity contribution < 1.29 is 23.8 Å². The Labute approximate surface area is 128 Å². The second-order valence-corrected chi connectivity index (χ2v) is 5.62. The molecule has 0 aromatic heterocycles. The molecule has 1 aliphatic rings. The van der Waals surface area contributed by atoms with Crippen LogP contribution in [-0.4, -0.2) is 40.1 Å². The third-order valence-corrected chi connectivity index (χ3v) is 4.12. The van der Waals surface area contributed by atoms with Crippen LogP contribution in [-0.2, 0) is 9.59 Å². The fourth-order valence-corrected chi connectivity index (χ4v) is 2.71. The summed E-state index contributed by atoms with van der Waals surface area (Å²) in [7, 11) is 0. The highest BCUT2D eigenvalue weighted by Gasteiger charge is 2.47. The molecule has 1 aromatic carbocycles. The summed E-state index contributed by atoms with van der Waals surface area (Å²) in [6.45, 7) is 3.66. The highest BCUT2D eigenvalue weighted by Crippen LogP contribution is 2.31. The average molecular weight is 309 g/mol. The van der Waals surface area contributed by atoms with Crippen LogP contribution in [0, 0.1) is 5.82 Å². The van der Waals surface area contributed by atoms with Gasteiger partial charge in [0.05, 0.1) is 0 Å². The molecular weight excluding hydrogens is 289 g/mol. The first-order chi connectivity index (χ1) is 10.4. The third-order valence-electron chi connectivity index (χ3n) is 4.12. The van der Waals surface area contributed by atoms with Crippen molar-refractivity contribution in [1.29, 1.82) is 0 Å². The first-order valence-electron chi connectivity index (χ1n) is 7.36. The van der Waals surface area contributed by atoms with E-state index in [-0.39, 0.29) is 5.75 Å². The van der Waals surface area contributed by atoms with E-state index in [0.29, 0.717) is 25.8 Å². The minimum Gasteiger partial charge on any atom is -0.480 e. The maximum atomic E-state index is 13.7. The van der Waals surface area contributed by atoms with Crippen molar-refractivity contribution in [3.8, 4) is 5.75 Å². The second-order valence-electron chi connectivity index (χ2n) is 5.62. The van der Waals surface area contributed by atoms with Gasteiger partial charge in [0.15, 0.2) is 17.7 Å². The van der Waals surface area contributed by atoms with E-state index in [2.05, 4.69) is 0 Å². The number of para-hydroxylation sites is 1. The number of rotatable bonds is 5. The number of aliphatic carboxylic acids is 1. The minimum absolute atomic E-state index is 0.000995. The predicted octanol–water partition coefficient (Wildman–Crippen LogP) is 2.45. The Kier molecular flexibility index (Phi) is 4.68. The molecule has 1 heterocycles. The quantitative estimate of drug-likeness (QED) is 0.907. The zero-order valence-electron chi connectivity index (χ0n) is 12.7. The Hall–Kier alpha value is -2.11. The van der Waals surface area contributed by atoms with Crippen LogP contribution in [0.25, 0.3) is 0 Å². The van der Waals surface area contributed by atoms with E-state index in [0.717, 1.165) is 0 Å². The van der Waals surface area contributed by atoms with Crippen molar-refractivity contribution in [2.45, 2.75) is 44.8 Å². The average Bonchev–Trinajstić information content (AvgIpc) is 2.89. The molecule has 2 rings (SSSR count). The third kappa shape index (κ3) is 2.91. The number of ether oxygens (including phenoxy) is 1. The summed E-state index contributed by atoms with van der Waals surface area (Å²) < 4.78 is 19.1. The Morgan fingerprint density at radius 1 is 1.45 bits per heavy atom. The molecule has 1 amide bonds. The predicted molar refractivity (Wildman–Crippen MR) is 78.1 cm³/mol. The van der Waals surface area contributed by atoms with Gasteiger partial charge in [-0.2, -0.15) is 0 Å². The Bertz CT molecular complexity index is 577. The zero-order chi connectivity index (χ0) is 16.3. The largest absolute Gasteiger partial charge is 0.480 e. The van der Waals surface area contributed by atoms with Crippen LogP contribution >= 0.6 is 0 Å². The van der Waals surface area contributed by atoms with Crippen molar-refractivity contribution in [3.05, 3.63) is 30.1 Å². The monoisotopic (exact) mass is 309 g/mol. The van der Waals surface area contributed by atoms with Gasteiger partial charge in [0.1, 0.15) is 5.54 Å². The number of likely N-dealkylation sites (tertiary alicyclic amines) is 1. The van der Waals surface area contributed by atoms with E-state index < -0.39 is 29.3 Å². The zero-order valence-corrected chi connectivity index (χ0v) is 12.7. The molecule has 0 radical (unpaired) electrons. The molecular formula is C16H20FNO4. The van der Waals surface area contributed by atoms with Gasteiger partial charge in [-0.25, -0.2) is 9.18 Å². The van der Waals surface area contributed by atoms with Crippen molar-refractivity contribution in [2.75, 3.05) is 6.54 Å². The maximum absolute atomic E-state index is 13.7. The summed E-state index contributed by atoms with van der Waals surface area (Å²) >= 11 is 0. The summed E-state index contributed by atoms with van der Waals surface area (Å²) in [4.78, 5) is 25.4. The van der Waals surface area contributed by atoms with Gasteiger partial charge in [-0.3, -0.25) is 4.79 Å². The molecule has 120 valence electrons. The SMILES string of the molecule is CCC(Oc1ccccc1F)C(=O)N1CCCC1(C)C(=O)O. The van der Waals surface area contributed by atoms with Crippen LogP contribution in [0.4, 0.5) is 4.39 Å². The molecule has 1 aliphatic heterocycles. The number of nitrogens with zero attached hydrogens (tertiary/aromatic N) is 1. The van der Waals surface area contributed by atoms with Crippen LogP contribution in [0.5, 0.6) is 5.75 Å². The number of halogens is 1. The number of hydrogen-bond donors (Lipinski definition) is 1. The van der Waals surface area contributed by atoms with Gasteiger partial charge in [-0.05, 0) is 38.3 Å². The summed E-state index contributed by atoms with van der Waals surface area (Å²) in [5.74, 6) is -1.98. The fourth-order valence-electron chi connectivity index (χ4n) is 2.71. The normalized spacial score (nSPS) is 22.4. The lowest BCUT2D eigenvalue weighted by atomic mass is 9.98. The smallest absolute Gasteiger partial charge is 0.329 e. The fraction of sp³-hybridized carbons (Fsp3) is 0.500. The number of hydrogen-bond acceptors (Lipinski definition) is 3. The molecule has 22 heavy (non-hydrogen) atoms. The number of carbonyl (C=O) groups is 2. The van der Waals surface area contributed by atoms with E-state index in [4.69, 9.17) is 4.74 Å². The van der Waals surface area contributed by atoms with E-state index in [9.17, 15) is 19.1 Å². The lowest BCUT2D eigenvalue weighted by molar-refractivity contribution is -0.158.